The Hall–Kier alpha value is -2.95. The summed E-state index contributed by atoms with van der Waals surface area (Å²) < 4.78 is 7.96. The lowest BCUT2D eigenvalue weighted by atomic mass is 9.91. The van der Waals surface area contributed by atoms with Gasteiger partial charge in [-0.2, -0.15) is 0 Å². The van der Waals surface area contributed by atoms with E-state index >= 15 is 0 Å². The van der Waals surface area contributed by atoms with Gasteiger partial charge in [0.25, 0.3) is 0 Å². The van der Waals surface area contributed by atoms with Crippen molar-refractivity contribution in [2.45, 2.75) is 45.7 Å². The molecule has 0 saturated heterocycles. The summed E-state index contributed by atoms with van der Waals surface area (Å²) in [7, 11) is 1.71. The predicted octanol–water partition coefficient (Wildman–Crippen LogP) is 3.91. The molecule has 0 bridgehead atoms. The van der Waals surface area contributed by atoms with E-state index in [1.54, 1.807) is 7.11 Å². The van der Waals surface area contributed by atoms with Gasteiger partial charge in [0.05, 0.1) is 13.7 Å². The monoisotopic (exact) mass is 391 g/mol. The third-order valence-electron chi connectivity index (χ3n) is 5.88. The molecule has 2 aromatic carbocycles. The number of benzene rings is 2. The highest BCUT2D eigenvalue weighted by atomic mass is 16.5. The second-order valence-corrected chi connectivity index (χ2v) is 8.20. The molecule has 152 valence electrons. The van der Waals surface area contributed by atoms with Crippen molar-refractivity contribution in [1.29, 1.82) is 0 Å². The molecule has 1 heterocycles. The Bertz CT molecular complexity index is 1050. The summed E-state index contributed by atoms with van der Waals surface area (Å²) in [6.07, 6.45) is 2.72. The van der Waals surface area contributed by atoms with Crippen molar-refractivity contribution in [2.75, 3.05) is 12.8 Å². The summed E-state index contributed by atoms with van der Waals surface area (Å²) in [5.41, 5.74) is 11.9. The maximum absolute atomic E-state index is 12.2. The van der Waals surface area contributed by atoms with Crippen LogP contribution in [0.25, 0.3) is 10.9 Å². The Kier molecular flexibility index (Phi) is 5.22. The molecule has 0 saturated carbocycles. The number of anilines is 1. The first-order valence-electron chi connectivity index (χ1n) is 10.3. The van der Waals surface area contributed by atoms with Crippen LogP contribution in [0.2, 0.25) is 0 Å². The summed E-state index contributed by atoms with van der Waals surface area (Å²) in [5, 5.41) is 4.41. The van der Waals surface area contributed by atoms with Gasteiger partial charge >= 0.3 is 0 Å². The number of ether oxygens (including phenoxy) is 1. The molecule has 29 heavy (non-hydrogen) atoms. The first kappa shape index (κ1) is 19.4. The highest BCUT2D eigenvalue weighted by Crippen LogP contribution is 2.35. The molecular weight excluding hydrogens is 362 g/mol. The van der Waals surface area contributed by atoms with Crippen LogP contribution in [0.4, 0.5) is 5.69 Å². The van der Waals surface area contributed by atoms with E-state index in [2.05, 4.69) is 28.1 Å². The molecule has 0 radical (unpaired) electrons. The molecular formula is C24H29N3O2. The zero-order valence-corrected chi connectivity index (χ0v) is 17.4. The summed E-state index contributed by atoms with van der Waals surface area (Å²) in [4.78, 5) is 12.2. The fourth-order valence-electron chi connectivity index (χ4n) is 4.34. The number of aromatic nitrogens is 1. The number of carbonyl (C=O) groups excluding carboxylic acids is 1. The Morgan fingerprint density at radius 3 is 2.83 bits per heavy atom. The van der Waals surface area contributed by atoms with Crippen LogP contribution in [-0.4, -0.2) is 23.6 Å². The Morgan fingerprint density at radius 1 is 1.28 bits per heavy atom. The van der Waals surface area contributed by atoms with Crippen LogP contribution in [0, 0.1) is 5.92 Å². The van der Waals surface area contributed by atoms with Gasteiger partial charge in [-0.25, -0.2) is 0 Å². The van der Waals surface area contributed by atoms with Crippen LogP contribution in [-0.2, 0) is 24.2 Å². The molecule has 1 aromatic heterocycles. The third kappa shape index (κ3) is 3.69. The minimum atomic E-state index is -0.000991. The molecule has 1 aliphatic rings. The normalized spacial score (nSPS) is 16.1. The molecule has 5 nitrogen and oxygen atoms in total. The van der Waals surface area contributed by atoms with Crippen LogP contribution < -0.4 is 15.8 Å². The number of para-hydroxylation sites is 1. The molecule has 3 aromatic rings. The van der Waals surface area contributed by atoms with E-state index in [0.717, 1.165) is 42.8 Å². The summed E-state index contributed by atoms with van der Waals surface area (Å²) in [6.45, 7) is 4.62. The summed E-state index contributed by atoms with van der Waals surface area (Å²) in [5.74, 6) is 1.02. The number of nitrogens with one attached hydrogen (secondary N) is 1. The van der Waals surface area contributed by atoms with Crippen molar-refractivity contribution in [1.82, 2.24) is 9.88 Å². The topological polar surface area (TPSA) is 69.3 Å². The zero-order chi connectivity index (χ0) is 20.5. The molecule has 1 unspecified atom stereocenters. The molecule has 5 heteroatoms. The molecule has 0 aliphatic heterocycles. The van der Waals surface area contributed by atoms with Crippen LogP contribution >= 0.6 is 0 Å². The standard InChI is InChI=1S/C24H29N3O2/c1-15(2)24(28)26-18-9-11-22-20(13-18)19-12-17(25)8-10-21(19)27(22)14-16-6-4-5-7-23(16)29-3/h4-8,10,12,15,18H,9,11,13-14,25H2,1-3H3,(H,26,28). The Balaban J connectivity index is 1.75. The van der Waals surface area contributed by atoms with Crippen LogP contribution in [0.15, 0.2) is 42.5 Å². The Labute approximate surface area is 171 Å². The van der Waals surface area contributed by atoms with Crippen molar-refractivity contribution in [3.05, 3.63) is 59.3 Å². The van der Waals surface area contributed by atoms with Crippen LogP contribution in [0.1, 0.15) is 37.1 Å². The van der Waals surface area contributed by atoms with E-state index in [4.69, 9.17) is 10.5 Å². The van der Waals surface area contributed by atoms with Gasteiger partial charge in [0.1, 0.15) is 5.75 Å². The number of rotatable bonds is 5. The van der Waals surface area contributed by atoms with E-state index < -0.39 is 0 Å². The van der Waals surface area contributed by atoms with E-state index in [1.165, 1.54) is 22.2 Å². The van der Waals surface area contributed by atoms with Crippen LogP contribution in [0.5, 0.6) is 5.75 Å². The zero-order valence-electron chi connectivity index (χ0n) is 17.4. The number of fused-ring (bicyclic) bond motifs is 3. The third-order valence-corrected chi connectivity index (χ3v) is 5.88. The number of nitrogens with zero attached hydrogens (tertiary/aromatic N) is 1. The maximum Gasteiger partial charge on any atom is 0.222 e. The van der Waals surface area contributed by atoms with Gasteiger partial charge in [-0.1, -0.05) is 32.0 Å². The molecule has 3 N–H and O–H groups in total. The molecule has 4 rings (SSSR count). The Morgan fingerprint density at radius 2 is 2.07 bits per heavy atom. The van der Waals surface area contributed by atoms with Crippen LogP contribution in [0.3, 0.4) is 0 Å². The SMILES string of the molecule is COc1ccccc1Cn1c2c(c3cc(N)ccc31)CC(NC(=O)C(C)C)CC2. The van der Waals surface area contributed by atoms with Gasteiger partial charge in [0.15, 0.2) is 0 Å². The van der Waals surface area contributed by atoms with E-state index in [0.29, 0.717) is 0 Å². The van der Waals surface area contributed by atoms with Crippen molar-refractivity contribution in [2.24, 2.45) is 5.92 Å². The number of hydrogen-bond donors (Lipinski definition) is 2. The minimum Gasteiger partial charge on any atom is -0.496 e. The van der Waals surface area contributed by atoms with Gasteiger partial charge in [-0.05, 0) is 49.1 Å². The van der Waals surface area contributed by atoms with Gasteiger partial charge in [-0.3, -0.25) is 4.79 Å². The number of methoxy groups -OCH3 is 1. The highest BCUT2D eigenvalue weighted by molar-refractivity contribution is 5.89. The molecule has 1 aliphatic carbocycles. The van der Waals surface area contributed by atoms with E-state index in [9.17, 15) is 4.79 Å². The van der Waals surface area contributed by atoms with Crippen molar-refractivity contribution >= 4 is 22.5 Å². The molecule has 0 spiro atoms. The fourth-order valence-corrected chi connectivity index (χ4v) is 4.34. The predicted molar refractivity (Wildman–Crippen MR) is 117 cm³/mol. The first-order valence-corrected chi connectivity index (χ1v) is 10.3. The lowest BCUT2D eigenvalue weighted by Crippen LogP contribution is -2.41. The van der Waals surface area contributed by atoms with Gasteiger partial charge < -0.3 is 20.4 Å². The second-order valence-electron chi connectivity index (χ2n) is 8.20. The molecule has 1 atom stereocenters. The number of carbonyl (C=O) groups is 1. The number of hydrogen-bond acceptors (Lipinski definition) is 3. The van der Waals surface area contributed by atoms with E-state index in [1.807, 2.05) is 38.1 Å². The molecule has 0 fully saturated rings. The average molecular weight is 392 g/mol. The number of nitrogen functional groups attached to an aromatic ring is 1. The van der Waals surface area contributed by atoms with E-state index in [-0.39, 0.29) is 17.9 Å². The largest absolute Gasteiger partial charge is 0.496 e. The second kappa shape index (κ2) is 7.82. The quantitative estimate of drug-likeness (QED) is 0.648. The lowest BCUT2D eigenvalue weighted by Gasteiger charge is -2.26. The average Bonchev–Trinajstić information content (AvgIpc) is 3.00. The smallest absolute Gasteiger partial charge is 0.222 e. The molecule has 1 amide bonds. The van der Waals surface area contributed by atoms with Gasteiger partial charge in [-0.15, -0.1) is 0 Å². The van der Waals surface area contributed by atoms with Crippen molar-refractivity contribution in [3.8, 4) is 5.75 Å². The highest BCUT2D eigenvalue weighted by Gasteiger charge is 2.27. The van der Waals surface area contributed by atoms with Crippen molar-refractivity contribution in [3.63, 3.8) is 0 Å². The maximum atomic E-state index is 12.2. The first-order chi connectivity index (χ1) is 14.0. The fraction of sp³-hybridized carbons (Fsp3) is 0.375. The van der Waals surface area contributed by atoms with Gasteiger partial charge in [0, 0.05) is 39.8 Å². The summed E-state index contributed by atoms with van der Waals surface area (Å²) in [6, 6.07) is 14.5. The number of amides is 1. The lowest BCUT2D eigenvalue weighted by molar-refractivity contribution is -0.124. The summed E-state index contributed by atoms with van der Waals surface area (Å²) >= 11 is 0. The van der Waals surface area contributed by atoms with Crippen molar-refractivity contribution < 1.29 is 9.53 Å². The number of nitrogens with two attached hydrogens (primary N) is 1. The minimum absolute atomic E-state index is 0.000991. The van der Waals surface area contributed by atoms with Gasteiger partial charge in [0.2, 0.25) is 5.91 Å².